The first kappa shape index (κ1) is 13.7. The number of sulfonamides is 1. The molecule has 0 radical (unpaired) electrons. The molecule has 0 bridgehead atoms. The Morgan fingerprint density at radius 2 is 2.14 bits per heavy atom. The van der Waals surface area contributed by atoms with Gasteiger partial charge in [-0.05, 0) is 25.4 Å². The highest BCUT2D eigenvalue weighted by Gasteiger charge is 2.18. The van der Waals surface area contributed by atoms with Gasteiger partial charge in [-0.15, -0.1) is 0 Å². The van der Waals surface area contributed by atoms with Gasteiger partial charge in [0.1, 0.15) is 0 Å². The summed E-state index contributed by atoms with van der Waals surface area (Å²) in [5, 5.41) is 0. The fourth-order valence-electron chi connectivity index (χ4n) is 0.677. The molecule has 0 spiro atoms. The van der Waals surface area contributed by atoms with Crippen LogP contribution in [-0.4, -0.2) is 38.1 Å². The lowest BCUT2D eigenvalue weighted by molar-refractivity contribution is -0.120. The van der Waals surface area contributed by atoms with E-state index in [4.69, 9.17) is 5.73 Å². The largest absolute Gasteiger partial charge is 0.320 e. The fourth-order valence-corrected chi connectivity index (χ4v) is 1.77. The molecule has 0 aliphatic carbocycles. The van der Waals surface area contributed by atoms with E-state index >= 15 is 0 Å². The zero-order chi connectivity index (χ0) is 11.2. The smallest absolute Gasteiger partial charge is 0.250 e. The van der Waals surface area contributed by atoms with Crippen molar-refractivity contribution in [3.05, 3.63) is 0 Å². The SMILES string of the molecule is CCS(=O)(=O)NC(=O)[C@H](N)CCSC. The summed E-state index contributed by atoms with van der Waals surface area (Å²) in [6.45, 7) is 1.46. The first-order valence-electron chi connectivity index (χ1n) is 4.21. The maximum atomic E-state index is 11.2. The Bertz CT molecular complexity index is 277. The molecule has 0 aromatic rings. The zero-order valence-electron chi connectivity index (χ0n) is 8.32. The van der Waals surface area contributed by atoms with E-state index in [1.165, 1.54) is 6.92 Å². The molecule has 3 N–H and O–H groups in total. The summed E-state index contributed by atoms with van der Waals surface area (Å²) in [6.07, 6.45) is 2.37. The molecule has 0 aromatic carbocycles. The van der Waals surface area contributed by atoms with Crippen LogP contribution in [0.2, 0.25) is 0 Å². The fraction of sp³-hybridized carbons (Fsp3) is 0.857. The molecule has 0 saturated heterocycles. The molecular formula is C7H16N2O3S2. The molecule has 0 heterocycles. The molecular weight excluding hydrogens is 224 g/mol. The first-order chi connectivity index (χ1) is 6.43. The molecule has 84 valence electrons. The lowest BCUT2D eigenvalue weighted by Gasteiger charge is -2.10. The van der Waals surface area contributed by atoms with Crippen LogP contribution >= 0.6 is 11.8 Å². The van der Waals surface area contributed by atoms with Crippen LogP contribution in [-0.2, 0) is 14.8 Å². The number of thioether (sulfide) groups is 1. The quantitative estimate of drug-likeness (QED) is 0.655. The number of nitrogens with one attached hydrogen (secondary N) is 1. The summed E-state index contributed by atoms with van der Waals surface area (Å²) in [4.78, 5) is 11.2. The minimum absolute atomic E-state index is 0.117. The predicted molar refractivity (Wildman–Crippen MR) is 58.6 cm³/mol. The van der Waals surface area contributed by atoms with Crippen LogP contribution in [0.1, 0.15) is 13.3 Å². The average Bonchev–Trinajstić information content (AvgIpc) is 2.13. The number of rotatable bonds is 6. The van der Waals surface area contributed by atoms with Gasteiger partial charge in [-0.1, -0.05) is 0 Å². The third-order valence-electron chi connectivity index (χ3n) is 1.61. The van der Waals surface area contributed by atoms with E-state index in [0.29, 0.717) is 6.42 Å². The normalized spacial score (nSPS) is 13.6. The Hall–Kier alpha value is -0.270. The van der Waals surface area contributed by atoms with Crippen LogP contribution in [0.5, 0.6) is 0 Å². The van der Waals surface area contributed by atoms with Crippen LogP contribution in [0.15, 0.2) is 0 Å². The van der Waals surface area contributed by atoms with E-state index in [1.54, 1.807) is 11.8 Å². The zero-order valence-corrected chi connectivity index (χ0v) is 9.95. The summed E-state index contributed by atoms with van der Waals surface area (Å²) in [5.41, 5.74) is 5.48. The van der Waals surface area contributed by atoms with Crippen LogP contribution in [0.3, 0.4) is 0 Å². The second-order valence-corrected chi connectivity index (χ2v) is 5.75. The van der Waals surface area contributed by atoms with Crippen molar-refractivity contribution in [3.63, 3.8) is 0 Å². The van der Waals surface area contributed by atoms with Crippen molar-refractivity contribution in [1.82, 2.24) is 4.72 Å². The molecule has 0 rings (SSSR count). The van der Waals surface area contributed by atoms with Crippen molar-refractivity contribution >= 4 is 27.7 Å². The number of amides is 1. The van der Waals surface area contributed by atoms with Gasteiger partial charge in [0, 0.05) is 0 Å². The molecule has 0 aromatic heterocycles. The second kappa shape index (κ2) is 6.26. The van der Waals surface area contributed by atoms with Crippen LogP contribution in [0, 0.1) is 0 Å². The topological polar surface area (TPSA) is 89.3 Å². The van der Waals surface area contributed by atoms with Gasteiger partial charge in [-0.25, -0.2) is 8.42 Å². The van der Waals surface area contributed by atoms with Crippen molar-refractivity contribution in [2.75, 3.05) is 17.8 Å². The molecule has 1 atom stereocenters. The van der Waals surface area contributed by atoms with E-state index in [1.807, 2.05) is 11.0 Å². The van der Waals surface area contributed by atoms with Crippen LogP contribution in [0.4, 0.5) is 0 Å². The standard InChI is InChI=1S/C7H16N2O3S2/c1-3-14(11,12)9-7(10)6(8)4-5-13-2/h6H,3-5,8H2,1-2H3,(H,9,10)/t6-/m1/s1. The van der Waals surface area contributed by atoms with Crippen LogP contribution in [0.25, 0.3) is 0 Å². The highest BCUT2D eigenvalue weighted by molar-refractivity contribution is 7.98. The maximum absolute atomic E-state index is 11.2. The van der Waals surface area contributed by atoms with E-state index < -0.39 is 22.0 Å². The minimum atomic E-state index is -3.48. The average molecular weight is 240 g/mol. The molecule has 0 fully saturated rings. The molecule has 5 nitrogen and oxygen atoms in total. The highest BCUT2D eigenvalue weighted by Crippen LogP contribution is 1.99. The molecule has 0 aliphatic rings. The summed E-state index contributed by atoms with van der Waals surface area (Å²) >= 11 is 1.56. The van der Waals surface area contributed by atoms with Gasteiger partial charge >= 0.3 is 0 Å². The van der Waals surface area contributed by atoms with Crippen molar-refractivity contribution in [2.24, 2.45) is 5.73 Å². The minimum Gasteiger partial charge on any atom is -0.320 e. The maximum Gasteiger partial charge on any atom is 0.250 e. The Balaban J connectivity index is 4.08. The third kappa shape index (κ3) is 5.46. The lowest BCUT2D eigenvalue weighted by Crippen LogP contribution is -2.44. The molecule has 0 saturated carbocycles. The van der Waals surface area contributed by atoms with E-state index in [-0.39, 0.29) is 5.75 Å². The van der Waals surface area contributed by atoms with Crippen molar-refractivity contribution in [2.45, 2.75) is 19.4 Å². The van der Waals surface area contributed by atoms with E-state index in [9.17, 15) is 13.2 Å². The molecule has 7 heteroatoms. The van der Waals surface area contributed by atoms with E-state index in [0.717, 1.165) is 5.75 Å². The second-order valence-electron chi connectivity index (χ2n) is 2.76. The van der Waals surface area contributed by atoms with Gasteiger partial charge in [0.05, 0.1) is 11.8 Å². The summed E-state index contributed by atoms with van der Waals surface area (Å²) in [5.74, 6) is -0.00438. The van der Waals surface area contributed by atoms with Crippen molar-refractivity contribution in [3.8, 4) is 0 Å². The number of hydrogen-bond donors (Lipinski definition) is 2. The molecule has 0 aliphatic heterocycles. The molecule has 14 heavy (non-hydrogen) atoms. The van der Waals surface area contributed by atoms with Crippen molar-refractivity contribution in [1.29, 1.82) is 0 Å². The number of nitrogens with two attached hydrogens (primary N) is 1. The van der Waals surface area contributed by atoms with Gasteiger partial charge < -0.3 is 5.73 Å². The van der Waals surface area contributed by atoms with Gasteiger partial charge in [0.25, 0.3) is 0 Å². The van der Waals surface area contributed by atoms with Gasteiger partial charge in [-0.3, -0.25) is 9.52 Å². The lowest BCUT2D eigenvalue weighted by atomic mass is 10.2. The third-order valence-corrected chi connectivity index (χ3v) is 3.52. The number of carbonyl (C=O) groups excluding carboxylic acids is 1. The van der Waals surface area contributed by atoms with E-state index in [2.05, 4.69) is 0 Å². The first-order valence-corrected chi connectivity index (χ1v) is 7.26. The summed E-state index contributed by atoms with van der Waals surface area (Å²) < 4.78 is 23.9. The highest BCUT2D eigenvalue weighted by atomic mass is 32.2. The number of carbonyl (C=O) groups is 1. The van der Waals surface area contributed by atoms with Crippen molar-refractivity contribution < 1.29 is 13.2 Å². The summed E-state index contributed by atoms with van der Waals surface area (Å²) in [6, 6.07) is -0.747. The van der Waals surface area contributed by atoms with Crippen LogP contribution < -0.4 is 10.5 Å². The van der Waals surface area contributed by atoms with Gasteiger partial charge in [0.2, 0.25) is 15.9 Å². The number of hydrogen-bond acceptors (Lipinski definition) is 5. The molecule has 1 amide bonds. The Labute approximate surface area is 88.9 Å². The monoisotopic (exact) mass is 240 g/mol. The Morgan fingerprint density at radius 3 is 2.57 bits per heavy atom. The summed E-state index contributed by atoms with van der Waals surface area (Å²) in [7, 11) is -3.48. The molecule has 0 unspecified atom stereocenters. The predicted octanol–water partition coefficient (Wildman–Crippen LogP) is -0.467. The Kier molecular flexibility index (Phi) is 6.14. The van der Waals surface area contributed by atoms with Gasteiger partial charge in [-0.2, -0.15) is 11.8 Å². The Morgan fingerprint density at radius 1 is 1.57 bits per heavy atom. The van der Waals surface area contributed by atoms with Gasteiger partial charge in [0.15, 0.2) is 0 Å².